The molecule has 0 amide bonds. The summed E-state index contributed by atoms with van der Waals surface area (Å²) in [4.78, 5) is 24.1. The van der Waals surface area contributed by atoms with E-state index >= 15 is 0 Å². The quantitative estimate of drug-likeness (QED) is 0.331. The third-order valence-corrected chi connectivity index (χ3v) is 3.75. The number of carbonyl (C=O) groups is 2. The summed E-state index contributed by atoms with van der Waals surface area (Å²) in [5.41, 5.74) is 2.08. The normalized spacial score (nSPS) is 10.7. The topological polar surface area (TPSA) is 76.4 Å². The Bertz CT molecular complexity index is 863. The van der Waals surface area contributed by atoms with Crippen molar-refractivity contribution in [2.45, 2.75) is 20.0 Å². The molecular weight excluding hydrogens is 330 g/mol. The number of carbonyl (C=O) groups excluding carboxylic acids is 2. The molecule has 2 aromatic rings. The van der Waals surface area contributed by atoms with Crippen LogP contribution in [-0.4, -0.2) is 18.9 Å². The first-order chi connectivity index (χ1) is 12.5. The van der Waals surface area contributed by atoms with Crippen LogP contribution in [-0.2, 0) is 27.4 Å². The van der Waals surface area contributed by atoms with Gasteiger partial charge >= 0.3 is 5.97 Å². The molecule has 132 valence electrons. The number of esters is 1. The molecule has 0 saturated carbocycles. The van der Waals surface area contributed by atoms with E-state index < -0.39 is 5.97 Å². The fraction of sp³-hybridized carbons (Fsp3) is 0.190. The molecule has 5 nitrogen and oxygen atoms in total. The summed E-state index contributed by atoms with van der Waals surface area (Å²) in [6.07, 6.45) is 1.84. The number of hydrogen-bond donors (Lipinski definition) is 0. The maximum Gasteiger partial charge on any atom is 0.341 e. The molecular formula is C21H19NO4. The van der Waals surface area contributed by atoms with E-state index in [1.807, 2.05) is 36.4 Å². The molecule has 0 bridgehead atoms. The minimum Gasteiger partial charge on any atom is -0.496 e. The van der Waals surface area contributed by atoms with Gasteiger partial charge in [-0.1, -0.05) is 42.5 Å². The molecule has 2 rings (SSSR count). The Balaban J connectivity index is 2.12. The van der Waals surface area contributed by atoms with Gasteiger partial charge in [-0.3, -0.25) is 4.79 Å². The lowest BCUT2D eigenvalue weighted by Crippen LogP contribution is -2.14. The molecule has 0 unspecified atom stereocenters. The molecule has 0 heterocycles. The molecule has 0 aliphatic rings. The van der Waals surface area contributed by atoms with Crippen molar-refractivity contribution in [1.82, 2.24) is 0 Å². The van der Waals surface area contributed by atoms with E-state index in [1.165, 1.54) is 20.1 Å². The van der Waals surface area contributed by atoms with E-state index in [4.69, 9.17) is 14.7 Å². The third kappa shape index (κ3) is 5.05. The van der Waals surface area contributed by atoms with Crippen LogP contribution < -0.4 is 4.74 Å². The van der Waals surface area contributed by atoms with Gasteiger partial charge in [-0.05, 0) is 36.6 Å². The second kappa shape index (κ2) is 9.19. The number of benzene rings is 2. The summed E-state index contributed by atoms with van der Waals surface area (Å²) in [6.45, 7) is 1.43. The Hall–Kier alpha value is -3.39. The summed E-state index contributed by atoms with van der Waals surface area (Å²) in [5, 5.41) is 8.94. The fourth-order valence-corrected chi connectivity index (χ4v) is 2.37. The van der Waals surface area contributed by atoms with Crippen LogP contribution in [0.3, 0.4) is 0 Å². The van der Waals surface area contributed by atoms with Crippen LogP contribution >= 0.6 is 0 Å². The van der Waals surface area contributed by atoms with Gasteiger partial charge in [-0.2, -0.15) is 5.26 Å². The van der Waals surface area contributed by atoms with Gasteiger partial charge in [0.2, 0.25) is 0 Å². The zero-order valence-corrected chi connectivity index (χ0v) is 14.7. The van der Waals surface area contributed by atoms with Crippen molar-refractivity contribution < 1.29 is 19.1 Å². The number of ketones is 1. The molecule has 0 spiro atoms. The Morgan fingerprint density at radius 2 is 1.88 bits per heavy atom. The number of methoxy groups -OCH3 is 1. The van der Waals surface area contributed by atoms with E-state index in [1.54, 1.807) is 18.2 Å². The highest BCUT2D eigenvalue weighted by atomic mass is 16.5. The highest BCUT2D eigenvalue weighted by Gasteiger charge is 2.16. The first-order valence-electron chi connectivity index (χ1n) is 8.04. The zero-order valence-electron chi connectivity index (χ0n) is 14.7. The largest absolute Gasteiger partial charge is 0.496 e. The lowest BCUT2D eigenvalue weighted by molar-refractivity contribution is -0.141. The number of allylic oxidation sites excluding steroid dienone is 1. The summed E-state index contributed by atoms with van der Waals surface area (Å²) >= 11 is 0. The van der Waals surface area contributed by atoms with Crippen molar-refractivity contribution in [3.05, 3.63) is 76.9 Å². The molecule has 26 heavy (non-hydrogen) atoms. The zero-order chi connectivity index (χ0) is 18.9. The average molecular weight is 349 g/mol. The van der Waals surface area contributed by atoms with E-state index in [0.29, 0.717) is 17.7 Å². The van der Waals surface area contributed by atoms with Gasteiger partial charge in [0.1, 0.15) is 12.4 Å². The second-order valence-electron chi connectivity index (χ2n) is 5.58. The minimum atomic E-state index is -0.658. The predicted octanol–water partition coefficient (Wildman–Crippen LogP) is 3.37. The van der Waals surface area contributed by atoms with E-state index in [-0.39, 0.29) is 18.0 Å². The van der Waals surface area contributed by atoms with Crippen LogP contribution in [0.2, 0.25) is 0 Å². The van der Waals surface area contributed by atoms with Crippen LogP contribution in [0.25, 0.3) is 0 Å². The number of ether oxygens (including phenoxy) is 2. The molecule has 0 atom stereocenters. The molecule has 5 heteroatoms. The molecule has 0 saturated heterocycles. The molecule has 0 aliphatic heterocycles. The smallest absolute Gasteiger partial charge is 0.341 e. The lowest BCUT2D eigenvalue weighted by Gasteiger charge is -2.09. The average Bonchev–Trinajstić information content (AvgIpc) is 2.67. The molecule has 0 fully saturated rings. The van der Waals surface area contributed by atoms with Crippen LogP contribution in [0, 0.1) is 11.3 Å². The van der Waals surface area contributed by atoms with Crippen LogP contribution in [0.4, 0.5) is 0 Å². The summed E-state index contributed by atoms with van der Waals surface area (Å²) in [6, 6.07) is 16.3. The van der Waals surface area contributed by atoms with Gasteiger partial charge in [-0.15, -0.1) is 0 Å². The highest BCUT2D eigenvalue weighted by Crippen LogP contribution is 2.21. The van der Waals surface area contributed by atoms with Gasteiger partial charge in [-0.25, -0.2) is 4.79 Å². The Morgan fingerprint density at radius 1 is 1.15 bits per heavy atom. The Morgan fingerprint density at radius 3 is 2.50 bits per heavy atom. The highest BCUT2D eigenvalue weighted by molar-refractivity contribution is 6.16. The predicted molar refractivity (Wildman–Crippen MR) is 96.4 cm³/mol. The van der Waals surface area contributed by atoms with Crippen LogP contribution in [0.1, 0.15) is 23.6 Å². The Kier molecular flexibility index (Phi) is 6.69. The SMILES string of the molecule is COc1cc(C#N)ccc1C/C=C(\C(C)=O)C(=O)OCc1ccccc1. The van der Waals surface area contributed by atoms with Crippen molar-refractivity contribution in [2.75, 3.05) is 7.11 Å². The lowest BCUT2D eigenvalue weighted by atomic mass is 10.0. The Labute approximate surface area is 152 Å². The summed E-state index contributed by atoms with van der Waals surface area (Å²) in [7, 11) is 1.50. The summed E-state index contributed by atoms with van der Waals surface area (Å²) < 4.78 is 10.5. The molecule has 0 aromatic heterocycles. The standard InChI is InChI=1S/C21H19NO4/c1-15(23)19(21(24)26-14-16-6-4-3-5-7-16)11-10-18-9-8-17(13-22)12-20(18)25-2/h3-9,11-12H,10,14H2,1-2H3/b19-11+. The van der Waals surface area contributed by atoms with Gasteiger partial charge in [0.05, 0.1) is 24.3 Å². The number of nitriles is 1. The first-order valence-corrected chi connectivity index (χ1v) is 8.04. The maximum absolute atomic E-state index is 12.2. The van der Waals surface area contributed by atoms with Crippen molar-refractivity contribution >= 4 is 11.8 Å². The molecule has 2 aromatic carbocycles. The van der Waals surface area contributed by atoms with Crippen LogP contribution in [0.15, 0.2) is 60.2 Å². The van der Waals surface area contributed by atoms with Crippen LogP contribution in [0.5, 0.6) is 5.75 Å². The van der Waals surface area contributed by atoms with Crippen molar-refractivity contribution in [3.63, 3.8) is 0 Å². The maximum atomic E-state index is 12.2. The minimum absolute atomic E-state index is 0.00709. The van der Waals surface area contributed by atoms with Gasteiger partial charge in [0.25, 0.3) is 0 Å². The van der Waals surface area contributed by atoms with Gasteiger partial charge < -0.3 is 9.47 Å². The van der Waals surface area contributed by atoms with Gasteiger partial charge in [0, 0.05) is 0 Å². The summed E-state index contributed by atoms with van der Waals surface area (Å²) in [5.74, 6) is -0.495. The number of hydrogen-bond acceptors (Lipinski definition) is 5. The van der Waals surface area contributed by atoms with E-state index in [2.05, 4.69) is 0 Å². The second-order valence-corrected chi connectivity index (χ2v) is 5.58. The monoisotopic (exact) mass is 349 g/mol. The van der Waals surface area contributed by atoms with E-state index in [0.717, 1.165) is 11.1 Å². The first kappa shape index (κ1) is 18.9. The number of nitrogens with zero attached hydrogens (tertiary/aromatic N) is 1. The third-order valence-electron chi connectivity index (χ3n) is 3.75. The number of rotatable bonds is 7. The molecule has 0 aliphatic carbocycles. The fourth-order valence-electron chi connectivity index (χ4n) is 2.37. The van der Waals surface area contributed by atoms with Crippen molar-refractivity contribution in [1.29, 1.82) is 5.26 Å². The molecule has 0 radical (unpaired) electrons. The van der Waals surface area contributed by atoms with Gasteiger partial charge in [0.15, 0.2) is 5.78 Å². The number of Topliss-reactive ketones (excluding diaryl/α,β-unsaturated/α-hetero) is 1. The molecule has 0 N–H and O–H groups in total. The van der Waals surface area contributed by atoms with Crippen molar-refractivity contribution in [3.8, 4) is 11.8 Å². The van der Waals surface area contributed by atoms with E-state index in [9.17, 15) is 9.59 Å². The van der Waals surface area contributed by atoms with Crippen molar-refractivity contribution in [2.24, 2.45) is 0 Å².